The molecule has 1 unspecified atom stereocenters. The summed E-state index contributed by atoms with van der Waals surface area (Å²) in [6, 6.07) is -0.746. The highest BCUT2D eigenvalue weighted by Crippen LogP contribution is 2.20. The molecule has 1 aliphatic heterocycles. The number of esters is 1. The van der Waals surface area contributed by atoms with E-state index in [1.165, 1.54) is 18.7 Å². The molecule has 136 valence electrons. The quantitative estimate of drug-likeness (QED) is 0.703. The van der Waals surface area contributed by atoms with E-state index in [1.807, 2.05) is 0 Å². The summed E-state index contributed by atoms with van der Waals surface area (Å²) in [5.41, 5.74) is -0.698. The second kappa shape index (κ2) is 6.81. The number of imidazole rings is 1. The van der Waals surface area contributed by atoms with Crippen LogP contribution in [0, 0.1) is 0 Å². The molecule has 25 heavy (non-hydrogen) atoms. The van der Waals surface area contributed by atoms with Crippen molar-refractivity contribution >= 4 is 17.1 Å². The van der Waals surface area contributed by atoms with Crippen LogP contribution in [0.15, 0.2) is 9.59 Å². The molecule has 3 rings (SSSR count). The van der Waals surface area contributed by atoms with E-state index in [2.05, 4.69) is 14.9 Å². The molecule has 2 aromatic rings. The molecule has 0 saturated carbocycles. The average molecular weight is 351 g/mol. The van der Waals surface area contributed by atoms with Gasteiger partial charge in [0.15, 0.2) is 11.2 Å². The van der Waals surface area contributed by atoms with Crippen molar-refractivity contribution in [2.75, 3.05) is 33.4 Å². The van der Waals surface area contributed by atoms with Gasteiger partial charge in [0, 0.05) is 20.1 Å². The third kappa shape index (κ3) is 3.10. The number of hydrogen-bond donors (Lipinski definition) is 1. The largest absolute Gasteiger partial charge is 0.467 e. The maximum atomic E-state index is 12.4. The fraction of sp³-hybridized carbons (Fsp3) is 0.600. The molecule has 2 aromatic heterocycles. The molecule has 0 aliphatic carbocycles. The monoisotopic (exact) mass is 351 g/mol. The second-order valence-electron chi connectivity index (χ2n) is 5.98. The average Bonchev–Trinajstić information content (AvgIpc) is 2.99. The molecule has 0 radical (unpaired) electrons. The van der Waals surface area contributed by atoms with E-state index in [4.69, 9.17) is 9.47 Å². The molecule has 0 amide bonds. The van der Waals surface area contributed by atoms with Crippen molar-refractivity contribution in [1.82, 2.24) is 24.0 Å². The normalized spacial score (nSPS) is 16.9. The predicted octanol–water partition coefficient (Wildman–Crippen LogP) is -1.01. The summed E-state index contributed by atoms with van der Waals surface area (Å²) in [6.45, 7) is 4.77. The first-order valence-corrected chi connectivity index (χ1v) is 8.02. The first-order chi connectivity index (χ1) is 11.9. The molecular weight excluding hydrogens is 330 g/mol. The van der Waals surface area contributed by atoms with E-state index < -0.39 is 23.3 Å². The van der Waals surface area contributed by atoms with Crippen molar-refractivity contribution < 1.29 is 14.3 Å². The van der Waals surface area contributed by atoms with E-state index in [1.54, 1.807) is 11.5 Å². The summed E-state index contributed by atoms with van der Waals surface area (Å²) < 4.78 is 13.0. The predicted molar refractivity (Wildman–Crippen MR) is 88.4 cm³/mol. The van der Waals surface area contributed by atoms with Gasteiger partial charge in [0.1, 0.15) is 11.9 Å². The smallest absolute Gasteiger partial charge is 0.329 e. The van der Waals surface area contributed by atoms with Gasteiger partial charge in [0.05, 0.1) is 26.9 Å². The lowest BCUT2D eigenvalue weighted by molar-refractivity contribution is -0.144. The van der Waals surface area contributed by atoms with Crippen LogP contribution in [0.2, 0.25) is 0 Å². The number of aromatic nitrogens is 4. The molecule has 1 N–H and O–H groups in total. The first kappa shape index (κ1) is 17.4. The van der Waals surface area contributed by atoms with Crippen molar-refractivity contribution in [3.05, 3.63) is 26.7 Å². The lowest BCUT2D eigenvalue weighted by atomic mass is 10.3. The minimum Gasteiger partial charge on any atom is -0.467 e. The maximum Gasteiger partial charge on any atom is 0.329 e. The van der Waals surface area contributed by atoms with Crippen molar-refractivity contribution in [1.29, 1.82) is 0 Å². The molecule has 0 aromatic carbocycles. The summed E-state index contributed by atoms with van der Waals surface area (Å²) in [5, 5.41) is 0. The highest BCUT2D eigenvalue weighted by molar-refractivity contribution is 5.78. The number of H-pyrrole nitrogens is 1. The number of nitrogens with one attached hydrogen (secondary N) is 1. The Balaban J connectivity index is 2.18. The number of ether oxygens (including phenoxy) is 2. The zero-order chi connectivity index (χ0) is 18.1. The number of hydrogen-bond acceptors (Lipinski definition) is 7. The van der Waals surface area contributed by atoms with E-state index in [9.17, 15) is 14.4 Å². The van der Waals surface area contributed by atoms with Crippen molar-refractivity contribution in [2.45, 2.75) is 19.5 Å². The van der Waals surface area contributed by atoms with Gasteiger partial charge in [0.2, 0.25) is 0 Å². The number of fused-ring (bicyclic) bond motifs is 1. The standard InChI is InChI=1S/C15H21N5O5/c1-9(14(22)24-3)20-10(8-19-4-6-25-7-5-19)16-12-11(20)13(21)17-15(23)18(12)2/h9H,4-8H2,1-3H3,(H,17,21,23). The zero-order valence-corrected chi connectivity index (χ0v) is 14.4. The van der Waals surface area contributed by atoms with Gasteiger partial charge in [-0.25, -0.2) is 14.6 Å². The summed E-state index contributed by atoms with van der Waals surface area (Å²) >= 11 is 0. The lowest BCUT2D eigenvalue weighted by Gasteiger charge is -2.26. The molecule has 0 bridgehead atoms. The van der Waals surface area contributed by atoms with Gasteiger partial charge in [-0.1, -0.05) is 0 Å². The Hall–Kier alpha value is -2.46. The summed E-state index contributed by atoms with van der Waals surface area (Å²) in [7, 11) is 2.82. The zero-order valence-electron chi connectivity index (χ0n) is 14.4. The highest BCUT2D eigenvalue weighted by Gasteiger charge is 2.26. The number of methoxy groups -OCH3 is 1. The summed E-state index contributed by atoms with van der Waals surface area (Å²) in [6.07, 6.45) is 0. The third-order valence-corrected chi connectivity index (χ3v) is 4.42. The number of aromatic amines is 1. The molecule has 1 aliphatic rings. The maximum absolute atomic E-state index is 12.4. The Bertz CT molecular complexity index is 905. The number of carbonyl (C=O) groups is 1. The number of nitrogens with zero attached hydrogens (tertiary/aromatic N) is 4. The number of carbonyl (C=O) groups excluding carboxylic acids is 1. The third-order valence-electron chi connectivity index (χ3n) is 4.42. The fourth-order valence-corrected chi connectivity index (χ4v) is 3.01. The molecule has 1 saturated heterocycles. The summed E-state index contributed by atoms with van der Waals surface area (Å²) in [4.78, 5) is 45.2. The molecule has 10 nitrogen and oxygen atoms in total. The van der Waals surface area contributed by atoms with Crippen LogP contribution in [0.25, 0.3) is 11.2 Å². The Morgan fingerprint density at radius 3 is 2.68 bits per heavy atom. The number of aryl methyl sites for hydroxylation is 1. The highest BCUT2D eigenvalue weighted by atomic mass is 16.5. The Morgan fingerprint density at radius 1 is 1.36 bits per heavy atom. The van der Waals surface area contributed by atoms with E-state index >= 15 is 0 Å². The van der Waals surface area contributed by atoms with Gasteiger partial charge < -0.3 is 14.0 Å². The Labute approximate surface area is 143 Å². The van der Waals surface area contributed by atoms with Gasteiger partial charge in [-0.05, 0) is 6.92 Å². The van der Waals surface area contributed by atoms with Crippen molar-refractivity contribution in [3.8, 4) is 0 Å². The van der Waals surface area contributed by atoms with Gasteiger partial charge in [-0.2, -0.15) is 0 Å². The van der Waals surface area contributed by atoms with Gasteiger partial charge in [0.25, 0.3) is 5.56 Å². The lowest BCUT2D eigenvalue weighted by Crippen LogP contribution is -2.37. The molecule has 1 fully saturated rings. The van der Waals surface area contributed by atoms with E-state index in [-0.39, 0.29) is 11.2 Å². The molecule has 1 atom stereocenters. The first-order valence-electron chi connectivity index (χ1n) is 8.02. The van der Waals surface area contributed by atoms with Crippen LogP contribution in [0.4, 0.5) is 0 Å². The number of morpholine rings is 1. The van der Waals surface area contributed by atoms with Crippen LogP contribution < -0.4 is 11.2 Å². The molecule has 0 spiro atoms. The minimum atomic E-state index is -0.746. The second-order valence-corrected chi connectivity index (χ2v) is 5.98. The van der Waals surface area contributed by atoms with Crippen LogP contribution >= 0.6 is 0 Å². The van der Waals surface area contributed by atoms with Crippen LogP contribution in [0.3, 0.4) is 0 Å². The van der Waals surface area contributed by atoms with Gasteiger partial charge in [-0.15, -0.1) is 0 Å². The van der Waals surface area contributed by atoms with Crippen LogP contribution in [0.5, 0.6) is 0 Å². The van der Waals surface area contributed by atoms with Crippen LogP contribution in [0.1, 0.15) is 18.8 Å². The summed E-state index contributed by atoms with van der Waals surface area (Å²) in [5.74, 6) is 0.0391. The fourth-order valence-electron chi connectivity index (χ4n) is 3.01. The van der Waals surface area contributed by atoms with E-state index in [0.29, 0.717) is 25.6 Å². The minimum absolute atomic E-state index is 0.184. The van der Waals surface area contributed by atoms with Crippen molar-refractivity contribution in [3.63, 3.8) is 0 Å². The Kier molecular flexibility index (Phi) is 4.73. The van der Waals surface area contributed by atoms with E-state index in [0.717, 1.165) is 13.1 Å². The Morgan fingerprint density at radius 2 is 2.04 bits per heavy atom. The molecule has 3 heterocycles. The SMILES string of the molecule is COC(=O)C(C)n1c(CN2CCOCC2)nc2c1c(=O)[nH]c(=O)n2C. The number of rotatable bonds is 4. The molecule has 10 heteroatoms. The van der Waals surface area contributed by atoms with Gasteiger partial charge in [-0.3, -0.25) is 19.2 Å². The van der Waals surface area contributed by atoms with Gasteiger partial charge >= 0.3 is 11.7 Å². The van der Waals surface area contributed by atoms with Crippen molar-refractivity contribution in [2.24, 2.45) is 7.05 Å². The topological polar surface area (TPSA) is 111 Å². The van der Waals surface area contributed by atoms with Crippen LogP contribution in [-0.4, -0.2) is 63.4 Å². The molecular formula is C15H21N5O5. The van der Waals surface area contributed by atoms with Crippen LogP contribution in [-0.2, 0) is 27.9 Å².